The maximum atomic E-state index is 12.7. The van der Waals surface area contributed by atoms with Gasteiger partial charge in [-0.2, -0.15) is 0 Å². The van der Waals surface area contributed by atoms with Crippen LogP contribution in [0.2, 0.25) is 10.0 Å². The minimum atomic E-state index is -0.0957. The van der Waals surface area contributed by atoms with E-state index < -0.39 is 0 Å². The van der Waals surface area contributed by atoms with Gasteiger partial charge in [-0.25, -0.2) is 0 Å². The third-order valence-electron chi connectivity index (χ3n) is 7.41. The quantitative estimate of drug-likeness (QED) is 0.237. The Kier molecular flexibility index (Phi) is 11.6. The molecule has 2 aromatic carbocycles. The van der Waals surface area contributed by atoms with Crippen LogP contribution in [0.25, 0.3) is 0 Å². The van der Waals surface area contributed by atoms with Crippen LogP contribution in [0.3, 0.4) is 0 Å². The molecule has 2 aromatic rings. The summed E-state index contributed by atoms with van der Waals surface area (Å²) >= 11 is 12.0. The first kappa shape index (κ1) is 32.1. The molecule has 0 aliphatic heterocycles. The maximum absolute atomic E-state index is 12.7. The molecule has 8 heteroatoms. The number of benzene rings is 2. The fourth-order valence-electron chi connectivity index (χ4n) is 5.95. The number of carbonyl (C=O) groups excluding carboxylic acids is 2. The van der Waals surface area contributed by atoms with Crippen molar-refractivity contribution in [1.82, 2.24) is 10.6 Å². The van der Waals surface area contributed by atoms with Crippen LogP contribution >= 0.6 is 23.2 Å². The van der Waals surface area contributed by atoms with Crippen molar-refractivity contribution in [3.8, 4) is 11.5 Å². The van der Waals surface area contributed by atoms with E-state index in [4.69, 9.17) is 32.7 Å². The van der Waals surface area contributed by atoms with E-state index in [0.29, 0.717) is 55.5 Å². The molecule has 1 aliphatic rings. The van der Waals surface area contributed by atoms with Gasteiger partial charge in [-0.3, -0.25) is 9.59 Å². The monoisotopic (exact) mass is 590 g/mol. The summed E-state index contributed by atoms with van der Waals surface area (Å²) in [5, 5.41) is 7.75. The molecule has 1 aliphatic carbocycles. The number of rotatable bonds is 13. The Labute approximate surface area is 249 Å². The molecule has 40 heavy (non-hydrogen) atoms. The molecule has 2 N–H and O–H groups in total. The smallest absolute Gasteiger partial charge is 0.220 e. The Morgan fingerprint density at radius 2 is 1.38 bits per heavy atom. The van der Waals surface area contributed by atoms with E-state index in [1.54, 1.807) is 12.1 Å². The molecule has 1 fully saturated rings. The largest absolute Gasteiger partial charge is 0.493 e. The van der Waals surface area contributed by atoms with Crippen molar-refractivity contribution in [2.45, 2.75) is 85.6 Å². The van der Waals surface area contributed by atoms with Gasteiger partial charge in [-0.05, 0) is 104 Å². The fraction of sp³-hybridized carbons (Fsp3) is 0.562. The summed E-state index contributed by atoms with van der Waals surface area (Å²) in [6, 6.07) is 11.1. The summed E-state index contributed by atoms with van der Waals surface area (Å²) in [6.07, 6.45) is 4.83. The summed E-state index contributed by atoms with van der Waals surface area (Å²) in [5.41, 5.74) is 1.93. The third-order valence-corrected chi connectivity index (χ3v) is 7.88. The lowest BCUT2D eigenvalue weighted by atomic mass is 9.62. The van der Waals surface area contributed by atoms with Crippen LogP contribution in [-0.2, 0) is 9.59 Å². The summed E-state index contributed by atoms with van der Waals surface area (Å²) in [6.45, 7) is 12.1. The Balaban J connectivity index is 1.38. The van der Waals surface area contributed by atoms with Gasteiger partial charge in [0.2, 0.25) is 11.8 Å². The molecule has 1 saturated carbocycles. The van der Waals surface area contributed by atoms with Gasteiger partial charge < -0.3 is 20.1 Å². The van der Waals surface area contributed by atoms with E-state index in [-0.39, 0.29) is 28.7 Å². The highest BCUT2D eigenvalue weighted by atomic mass is 35.5. The molecule has 3 rings (SSSR count). The fourth-order valence-corrected chi connectivity index (χ4v) is 6.40. The second kappa shape index (κ2) is 14.5. The lowest BCUT2D eigenvalue weighted by Crippen LogP contribution is -2.50. The first-order chi connectivity index (χ1) is 18.8. The number of ether oxygens (including phenoxy) is 2. The number of hydrogen-bond acceptors (Lipinski definition) is 4. The van der Waals surface area contributed by atoms with E-state index in [1.165, 1.54) is 0 Å². The van der Waals surface area contributed by atoms with Crippen LogP contribution < -0.4 is 20.1 Å². The van der Waals surface area contributed by atoms with E-state index in [9.17, 15) is 9.59 Å². The van der Waals surface area contributed by atoms with Crippen molar-refractivity contribution in [3.63, 3.8) is 0 Å². The predicted molar refractivity (Wildman–Crippen MR) is 163 cm³/mol. The van der Waals surface area contributed by atoms with Crippen LogP contribution in [0.5, 0.6) is 11.5 Å². The van der Waals surface area contributed by atoms with E-state index in [0.717, 1.165) is 41.9 Å². The Morgan fingerprint density at radius 1 is 0.850 bits per heavy atom. The molecular weight excluding hydrogens is 547 g/mol. The molecular formula is C32H44Cl2N2O4. The van der Waals surface area contributed by atoms with Crippen molar-refractivity contribution in [3.05, 3.63) is 57.6 Å². The first-order valence-corrected chi connectivity index (χ1v) is 14.9. The highest BCUT2D eigenvalue weighted by Gasteiger charge is 2.41. The lowest BCUT2D eigenvalue weighted by molar-refractivity contribution is -0.124. The average Bonchev–Trinajstić information content (AvgIpc) is 2.84. The van der Waals surface area contributed by atoms with Gasteiger partial charge in [0.1, 0.15) is 11.5 Å². The maximum Gasteiger partial charge on any atom is 0.220 e. The first-order valence-electron chi connectivity index (χ1n) is 14.2. The predicted octanol–water partition coefficient (Wildman–Crippen LogP) is 7.45. The van der Waals surface area contributed by atoms with Crippen molar-refractivity contribution < 1.29 is 19.1 Å². The van der Waals surface area contributed by atoms with Crippen molar-refractivity contribution in [2.24, 2.45) is 10.8 Å². The average molecular weight is 592 g/mol. The highest BCUT2D eigenvalue weighted by molar-refractivity contribution is 6.31. The summed E-state index contributed by atoms with van der Waals surface area (Å²) < 4.78 is 11.6. The SMILES string of the molecule is Cc1cc(Cl)ccc1OCCCC(=O)NCC1(C)CC(NC(=O)CCCOc2ccc(Cl)cc2C)CC(C)(C)C1. The van der Waals surface area contributed by atoms with Crippen LogP contribution in [0.1, 0.15) is 76.8 Å². The van der Waals surface area contributed by atoms with Crippen LogP contribution in [0.4, 0.5) is 0 Å². The molecule has 0 saturated heterocycles. The molecule has 0 heterocycles. The zero-order chi connectivity index (χ0) is 29.3. The number of halogens is 2. The van der Waals surface area contributed by atoms with Gasteiger partial charge in [0, 0.05) is 35.5 Å². The molecule has 220 valence electrons. The van der Waals surface area contributed by atoms with Crippen molar-refractivity contribution in [1.29, 1.82) is 0 Å². The molecule has 0 bridgehead atoms. The number of carbonyl (C=O) groups is 2. The van der Waals surface area contributed by atoms with Gasteiger partial charge in [-0.1, -0.05) is 44.0 Å². The van der Waals surface area contributed by atoms with Gasteiger partial charge in [0.15, 0.2) is 0 Å². The van der Waals surface area contributed by atoms with Crippen LogP contribution in [0, 0.1) is 24.7 Å². The number of hydrogen-bond donors (Lipinski definition) is 2. The van der Waals surface area contributed by atoms with Gasteiger partial charge >= 0.3 is 0 Å². The van der Waals surface area contributed by atoms with Crippen LogP contribution in [0.15, 0.2) is 36.4 Å². The second-order valence-electron chi connectivity index (χ2n) is 12.3. The molecule has 0 aromatic heterocycles. The normalized spacial score (nSPS) is 20.0. The van der Waals surface area contributed by atoms with E-state index >= 15 is 0 Å². The zero-order valence-corrected chi connectivity index (χ0v) is 26.0. The summed E-state index contributed by atoms with van der Waals surface area (Å²) in [4.78, 5) is 25.3. The topological polar surface area (TPSA) is 76.7 Å². The Bertz CT molecular complexity index is 1170. The third kappa shape index (κ3) is 10.5. The number of nitrogens with one attached hydrogen (secondary N) is 2. The Hall–Kier alpha value is -2.44. The molecule has 2 atom stereocenters. The van der Waals surface area contributed by atoms with Crippen LogP contribution in [-0.4, -0.2) is 37.6 Å². The zero-order valence-electron chi connectivity index (χ0n) is 24.5. The number of amides is 2. The highest BCUT2D eigenvalue weighted by Crippen LogP contribution is 2.45. The van der Waals surface area contributed by atoms with Crippen molar-refractivity contribution in [2.75, 3.05) is 19.8 Å². The molecule has 6 nitrogen and oxygen atoms in total. The standard InChI is InChI=1S/C32H44Cl2N2O4/c1-22-16-24(33)10-12-27(22)39-14-6-8-29(37)35-21-32(5)19-26(18-31(3,4)20-32)36-30(38)9-7-15-40-28-13-11-25(34)17-23(28)2/h10-13,16-17,26H,6-9,14-15,18-21H2,1-5H3,(H,35,37)(H,36,38). The molecule has 0 spiro atoms. The number of aryl methyl sites for hydroxylation is 2. The Morgan fingerprint density at radius 3 is 1.90 bits per heavy atom. The minimum absolute atomic E-state index is 0.0255. The molecule has 2 unspecified atom stereocenters. The van der Waals surface area contributed by atoms with Gasteiger partial charge in [-0.15, -0.1) is 0 Å². The van der Waals surface area contributed by atoms with E-state index in [2.05, 4.69) is 31.4 Å². The van der Waals surface area contributed by atoms with Gasteiger partial charge in [0.05, 0.1) is 13.2 Å². The minimum Gasteiger partial charge on any atom is -0.493 e. The van der Waals surface area contributed by atoms with Crippen molar-refractivity contribution >= 4 is 35.0 Å². The summed E-state index contributed by atoms with van der Waals surface area (Å²) in [7, 11) is 0. The lowest BCUT2D eigenvalue weighted by Gasteiger charge is -2.47. The second-order valence-corrected chi connectivity index (χ2v) is 13.2. The molecule has 0 radical (unpaired) electrons. The van der Waals surface area contributed by atoms with E-state index in [1.807, 2.05) is 38.1 Å². The molecule has 2 amide bonds. The summed E-state index contributed by atoms with van der Waals surface area (Å²) in [5.74, 6) is 1.65. The van der Waals surface area contributed by atoms with Gasteiger partial charge in [0.25, 0.3) is 0 Å².